The van der Waals surface area contributed by atoms with Crippen LogP contribution in [0.3, 0.4) is 0 Å². The first-order valence-corrected chi connectivity index (χ1v) is 10.9. The van der Waals surface area contributed by atoms with Crippen molar-refractivity contribution >= 4 is 23.4 Å². The quantitative estimate of drug-likeness (QED) is 0.369. The molecule has 2 amide bonds. The van der Waals surface area contributed by atoms with Gasteiger partial charge >= 0.3 is 0 Å². The zero-order valence-electron chi connectivity index (χ0n) is 20.4. The molecule has 1 aliphatic rings. The number of carbonyl (C=O) groups excluding carboxylic acids is 4. The molecule has 0 aromatic rings. The molecule has 0 N–H and O–H groups in total. The van der Waals surface area contributed by atoms with E-state index in [0.29, 0.717) is 55.1 Å². The lowest BCUT2D eigenvalue weighted by atomic mass is 9.71. The Hall–Kier alpha value is -2.28. The van der Waals surface area contributed by atoms with Gasteiger partial charge in [-0.3, -0.25) is 19.2 Å². The molecule has 174 valence electrons. The van der Waals surface area contributed by atoms with Crippen molar-refractivity contribution in [3.05, 3.63) is 22.3 Å². The summed E-state index contributed by atoms with van der Waals surface area (Å²) in [7, 11) is 1.69. The van der Waals surface area contributed by atoms with Gasteiger partial charge in [-0.2, -0.15) is 0 Å². The Labute approximate surface area is 186 Å². The number of hydrogen-bond acceptors (Lipinski definition) is 5. The van der Waals surface area contributed by atoms with Gasteiger partial charge in [0.2, 0.25) is 11.8 Å². The van der Waals surface area contributed by atoms with Crippen LogP contribution >= 0.6 is 0 Å². The minimum absolute atomic E-state index is 0.0697. The standard InChI is InChI=1S/C24H38N2O5/c1-9-13-31-14-12-26(11-10-25(8)19(5)27)20(28)15-24(6,7)21-18(4)22(29)16(2)17(3)23(21)30/h9-15H2,1-8H3. The predicted molar refractivity (Wildman–Crippen MR) is 120 cm³/mol. The van der Waals surface area contributed by atoms with Gasteiger partial charge in [0.1, 0.15) is 0 Å². The monoisotopic (exact) mass is 434 g/mol. The number of hydrogen-bond donors (Lipinski definition) is 0. The Kier molecular flexibility index (Phi) is 9.81. The van der Waals surface area contributed by atoms with Crippen LogP contribution in [0.1, 0.15) is 61.3 Å². The highest BCUT2D eigenvalue weighted by molar-refractivity contribution is 6.25. The molecule has 7 nitrogen and oxygen atoms in total. The van der Waals surface area contributed by atoms with Crippen molar-refractivity contribution in [3.63, 3.8) is 0 Å². The lowest BCUT2D eigenvalue weighted by Crippen LogP contribution is -2.43. The predicted octanol–water partition coefficient (Wildman–Crippen LogP) is 2.94. The topological polar surface area (TPSA) is 84.0 Å². The fraction of sp³-hybridized carbons (Fsp3) is 0.667. The van der Waals surface area contributed by atoms with Crippen molar-refractivity contribution < 1.29 is 23.9 Å². The van der Waals surface area contributed by atoms with Crippen LogP contribution in [0.15, 0.2) is 22.3 Å². The molecule has 0 saturated carbocycles. The van der Waals surface area contributed by atoms with E-state index in [-0.39, 0.29) is 29.8 Å². The van der Waals surface area contributed by atoms with Crippen LogP contribution in [0.2, 0.25) is 0 Å². The molecule has 1 rings (SSSR count). The number of rotatable bonds is 11. The summed E-state index contributed by atoms with van der Waals surface area (Å²) in [6, 6.07) is 0. The SMILES string of the molecule is CCCOCCN(CCN(C)C(C)=O)C(=O)CC(C)(C)C1=C(C)C(=O)C(C)=C(C)C1=O. The van der Waals surface area contributed by atoms with Crippen molar-refractivity contribution in [3.8, 4) is 0 Å². The van der Waals surface area contributed by atoms with Crippen LogP contribution in [0.5, 0.6) is 0 Å². The lowest BCUT2D eigenvalue weighted by molar-refractivity contribution is -0.135. The number of amides is 2. The zero-order valence-corrected chi connectivity index (χ0v) is 20.4. The van der Waals surface area contributed by atoms with E-state index in [2.05, 4.69) is 0 Å². The molecule has 0 aliphatic heterocycles. The van der Waals surface area contributed by atoms with Crippen molar-refractivity contribution in [1.82, 2.24) is 9.80 Å². The summed E-state index contributed by atoms with van der Waals surface area (Å²) in [4.78, 5) is 53.6. The van der Waals surface area contributed by atoms with Crippen LogP contribution in [-0.4, -0.2) is 73.1 Å². The van der Waals surface area contributed by atoms with Crippen LogP contribution in [0, 0.1) is 5.41 Å². The maximum absolute atomic E-state index is 13.2. The fourth-order valence-electron chi connectivity index (χ4n) is 3.70. The average molecular weight is 435 g/mol. The van der Waals surface area contributed by atoms with Crippen LogP contribution in [0.4, 0.5) is 0 Å². The van der Waals surface area contributed by atoms with Gasteiger partial charge in [0.25, 0.3) is 0 Å². The molecule has 0 atom stereocenters. The summed E-state index contributed by atoms with van der Waals surface area (Å²) < 4.78 is 5.55. The second-order valence-corrected chi connectivity index (χ2v) is 8.90. The van der Waals surface area contributed by atoms with E-state index in [1.165, 1.54) is 6.92 Å². The van der Waals surface area contributed by atoms with Gasteiger partial charge in [0.05, 0.1) is 6.61 Å². The number of ketones is 2. The molecule has 0 saturated heterocycles. The molecule has 0 aromatic heterocycles. The first-order chi connectivity index (χ1) is 14.3. The molecule has 0 bridgehead atoms. The summed E-state index contributed by atoms with van der Waals surface area (Å²) in [5.74, 6) is -0.506. The van der Waals surface area contributed by atoms with E-state index in [0.717, 1.165) is 6.42 Å². The highest BCUT2D eigenvalue weighted by Gasteiger charge is 2.39. The van der Waals surface area contributed by atoms with E-state index in [4.69, 9.17) is 4.74 Å². The highest BCUT2D eigenvalue weighted by atomic mass is 16.5. The van der Waals surface area contributed by atoms with Gasteiger partial charge in [-0.15, -0.1) is 0 Å². The first-order valence-electron chi connectivity index (χ1n) is 10.9. The largest absolute Gasteiger partial charge is 0.380 e. The summed E-state index contributed by atoms with van der Waals surface area (Å²) in [5, 5.41) is 0. The number of nitrogens with zero attached hydrogens (tertiary/aromatic N) is 2. The summed E-state index contributed by atoms with van der Waals surface area (Å²) in [5.41, 5.74) is 0.941. The molecule has 1 aliphatic carbocycles. The van der Waals surface area contributed by atoms with Crippen LogP contribution in [-0.2, 0) is 23.9 Å². The Balaban J connectivity index is 3.04. The normalized spacial score (nSPS) is 15.0. The van der Waals surface area contributed by atoms with Gasteiger partial charge in [0.15, 0.2) is 11.6 Å². The molecule has 0 aromatic carbocycles. The minimum Gasteiger partial charge on any atom is -0.380 e. The molecule has 0 fully saturated rings. The van der Waals surface area contributed by atoms with Crippen molar-refractivity contribution in [2.24, 2.45) is 5.41 Å². The fourth-order valence-corrected chi connectivity index (χ4v) is 3.70. The molecule has 31 heavy (non-hydrogen) atoms. The average Bonchev–Trinajstić information content (AvgIpc) is 2.69. The molecule has 7 heteroatoms. The van der Waals surface area contributed by atoms with E-state index in [9.17, 15) is 19.2 Å². The number of carbonyl (C=O) groups is 4. The van der Waals surface area contributed by atoms with Gasteiger partial charge in [-0.05, 0) is 27.2 Å². The van der Waals surface area contributed by atoms with Gasteiger partial charge < -0.3 is 14.5 Å². The number of allylic oxidation sites excluding steroid dienone is 4. The minimum atomic E-state index is -0.801. The third-order valence-electron chi connectivity index (χ3n) is 5.91. The van der Waals surface area contributed by atoms with Crippen LogP contribution < -0.4 is 0 Å². The Morgan fingerprint density at radius 1 is 0.903 bits per heavy atom. The third-order valence-corrected chi connectivity index (χ3v) is 5.91. The van der Waals surface area contributed by atoms with Gasteiger partial charge in [-0.25, -0.2) is 0 Å². The lowest BCUT2D eigenvalue weighted by Gasteiger charge is -2.34. The summed E-state index contributed by atoms with van der Waals surface area (Å²) in [6.07, 6.45) is 0.979. The van der Waals surface area contributed by atoms with E-state index in [1.807, 2.05) is 20.8 Å². The second kappa shape index (κ2) is 11.4. The highest BCUT2D eigenvalue weighted by Crippen LogP contribution is 2.39. The number of ether oxygens (including phenoxy) is 1. The number of likely N-dealkylation sites (N-methyl/N-ethyl adjacent to an activating group) is 1. The maximum Gasteiger partial charge on any atom is 0.223 e. The molecule has 0 unspecified atom stereocenters. The smallest absolute Gasteiger partial charge is 0.223 e. The molecular weight excluding hydrogens is 396 g/mol. The van der Waals surface area contributed by atoms with E-state index >= 15 is 0 Å². The molecule has 0 spiro atoms. The van der Waals surface area contributed by atoms with Crippen molar-refractivity contribution in [2.45, 2.75) is 61.3 Å². The van der Waals surface area contributed by atoms with E-state index in [1.54, 1.807) is 37.6 Å². The second-order valence-electron chi connectivity index (χ2n) is 8.90. The summed E-state index contributed by atoms with van der Waals surface area (Å²) in [6.45, 7) is 14.4. The van der Waals surface area contributed by atoms with Crippen molar-refractivity contribution in [2.75, 3.05) is 39.9 Å². The Bertz CT molecular complexity index is 792. The van der Waals surface area contributed by atoms with E-state index < -0.39 is 5.41 Å². The molecule has 0 radical (unpaired) electrons. The molecular formula is C24H38N2O5. The Morgan fingerprint density at radius 2 is 1.48 bits per heavy atom. The maximum atomic E-state index is 13.2. The van der Waals surface area contributed by atoms with Gasteiger partial charge in [-0.1, -0.05) is 20.8 Å². The van der Waals surface area contributed by atoms with Crippen LogP contribution in [0.25, 0.3) is 0 Å². The third kappa shape index (κ3) is 6.86. The molecule has 0 heterocycles. The summed E-state index contributed by atoms with van der Waals surface area (Å²) >= 11 is 0. The van der Waals surface area contributed by atoms with Crippen molar-refractivity contribution in [1.29, 1.82) is 0 Å². The van der Waals surface area contributed by atoms with Gasteiger partial charge in [0, 0.05) is 74.3 Å². The Morgan fingerprint density at radius 3 is 2.03 bits per heavy atom. The first kappa shape index (κ1) is 26.8. The zero-order chi connectivity index (χ0) is 23.9. The number of Topliss-reactive ketones (excluding diaryl/α,β-unsaturated/α-hetero) is 2.